The number of carbonyl (C=O) groups excluding carboxylic acids is 1. The van der Waals surface area contributed by atoms with Crippen molar-refractivity contribution in [3.8, 4) is 5.75 Å². The standard InChI is InChI=1S/C22H23N3O2/c1-3-13-27-21-11-9-19(10-12-21)15-24(2)22(26)20-14-23-25(17-20)16-18-7-5-4-6-8-18/h3-12,14,17H,1,13,15-16H2,2H3. The van der Waals surface area contributed by atoms with Crippen molar-refractivity contribution < 1.29 is 9.53 Å². The second kappa shape index (κ2) is 8.85. The van der Waals surface area contributed by atoms with E-state index in [2.05, 4.69) is 11.7 Å². The summed E-state index contributed by atoms with van der Waals surface area (Å²) in [5.74, 6) is 0.733. The summed E-state index contributed by atoms with van der Waals surface area (Å²) in [5.41, 5.74) is 2.76. The SMILES string of the molecule is C=CCOc1ccc(CN(C)C(=O)c2cnn(Cc3ccccc3)c2)cc1. The average molecular weight is 361 g/mol. The molecule has 0 N–H and O–H groups in total. The molecule has 1 amide bonds. The van der Waals surface area contributed by atoms with Crippen molar-refractivity contribution in [3.63, 3.8) is 0 Å². The lowest BCUT2D eigenvalue weighted by molar-refractivity contribution is 0.0785. The van der Waals surface area contributed by atoms with E-state index in [1.54, 1.807) is 35.1 Å². The summed E-state index contributed by atoms with van der Waals surface area (Å²) in [5, 5.41) is 4.31. The van der Waals surface area contributed by atoms with Crippen LogP contribution in [-0.2, 0) is 13.1 Å². The van der Waals surface area contributed by atoms with E-state index in [0.29, 0.717) is 25.3 Å². The minimum absolute atomic E-state index is 0.0544. The third-order valence-electron chi connectivity index (χ3n) is 4.13. The number of carbonyl (C=O) groups is 1. The minimum atomic E-state index is -0.0544. The lowest BCUT2D eigenvalue weighted by Gasteiger charge is -2.16. The molecule has 0 aliphatic heterocycles. The molecule has 0 aliphatic carbocycles. The Balaban J connectivity index is 1.59. The van der Waals surface area contributed by atoms with Crippen LogP contribution in [0.4, 0.5) is 0 Å². The van der Waals surface area contributed by atoms with Crippen LogP contribution in [0, 0.1) is 0 Å². The number of amides is 1. The smallest absolute Gasteiger partial charge is 0.257 e. The highest BCUT2D eigenvalue weighted by molar-refractivity contribution is 5.93. The summed E-state index contributed by atoms with van der Waals surface area (Å²) >= 11 is 0. The molecule has 27 heavy (non-hydrogen) atoms. The number of ether oxygens (including phenoxy) is 1. The van der Waals surface area contributed by atoms with Gasteiger partial charge in [0.15, 0.2) is 0 Å². The first-order valence-corrected chi connectivity index (χ1v) is 8.80. The highest BCUT2D eigenvalue weighted by Gasteiger charge is 2.14. The van der Waals surface area contributed by atoms with Gasteiger partial charge in [0.1, 0.15) is 12.4 Å². The van der Waals surface area contributed by atoms with E-state index >= 15 is 0 Å². The largest absolute Gasteiger partial charge is 0.490 e. The highest BCUT2D eigenvalue weighted by atomic mass is 16.5. The van der Waals surface area contributed by atoms with Crippen molar-refractivity contribution in [2.45, 2.75) is 13.1 Å². The first-order chi connectivity index (χ1) is 13.2. The van der Waals surface area contributed by atoms with E-state index in [1.165, 1.54) is 0 Å². The maximum atomic E-state index is 12.7. The van der Waals surface area contributed by atoms with Crippen LogP contribution < -0.4 is 4.74 Å². The van der Waals surface area contributed by atoms with Crippen molar-refractivity contribution in [1.29, 1.82) is 0 Å². The Kier molecular flexibility index (Phi) is 6.05. The van der Waals surface area contributed by atoms with Gasteiger partial charge >= 0.3 is 0 Å². The zero-order valence-electron chi connectivity index (χ0n) is 15.4. The van der Waals surface area contributed by atoms with E-state index in [4.69, 9.17) is 4.74 Å². The van der Waals surface area contributed by atoms with Gasteiger partial charge in [0, 0.05) is 19.8 Å². The zero-order valence-corrected chi connectivity index (χ0v) is 15.4. The molecule has 0 atom stereocenters. The number of benzene rings is 2. The van der Waals surface area contributed by atoms with Crippen molar-refractivity contribution in [3.05, 3.63) is 96.3 Å². The van der Waals surface area contributed by atoms with Crippen LogP contribution in [0.3, 0.4) is 0 Å². The van der Waals surface area contributed by atoms with E-state index in [9.17, 15) is 4.79 Å². The summed E-state index contributed by atoms with van der Waals surface area (Å²) in [6, 6.07) is 17.8. The third kappa shape index (κ3) is 5.07. The monoisotopic (exact) mass is 361 g/mol. The highest BCUT2D eigenvalue weighted by Crippen LogP contribution is 2.14. The molecule has 3 rings (SSSR count). The van der Waals surface area contributed by atoms with E-state index in [0.717, 1.165) is 16.9 Å². The van der Waals surface area contributed by atoms with Crippen molar-refractivity contribution in [1.82, 2.24) is 14.7 Å². The van der Waals surface area contributed by atoms with E-state index in [1.807, 2.05) is 54.6 Å². The molecule has 0 saturated heterocycles. The van der Waals surface area contributed by atoms with Gasteiger partial charge in [-0.15, -0.1) is 0 Å². The van der Waals surface area contributed by atoms with Crippen LogP contribution >= 0.6 is 0 Å². The molecular weight excluding hydrogens is 338 g/mol. The molecule has 3 aromatic rings. The Labute approximate surface area is 159 Å². The molecular formula is C22H23N3O2. The number of aromatic nitrogens is 2. The van der Waals surface area contributed by atoms with Crippen molar-refractivity contribution in [2.75, 3.05) is 13.7 Å². The number of rotatable bonds is 8. The molecule has 5 heteroatoms. The lowest BCUT2D eigenvalue weighted by Crippen LogP contribution is -2.25. The second-order valence-corrected chi connectivity index (χ2v) is 6.32. The van der Waals surface area contributed by atoms with Gasteiger partial charge in [0.2, 0.25) is 0 Å². The fourth-order valence-electron chi connectivity index (χ4n) is 2.74. The van der Waals surface area contributed by atoms with Gasteiger partial charge in [-0.2, -0.15) is 5.10 Å². The lowest BCUT2D eigenvalue weighted by atomic mass is 10.2. The Morgan fingerprint density at radius 1 is 1.15 bits per heavy atom. The summed E-state index contributed by atoms with van der Waals surface area (Å²) in [7, 11) is 1.79. The van der Waals surface area contributed by atoms with Crippen LogP contribution in [0.15, 0.2) is 79.6 Å². The number of hydrogen-bond donors (Lipinski definition) is 0. The minimum Gasteiger partial charge on any atom is -0.490 e. The first-order valence-electron chi connectivity index (χ1n) is 8.80. The molecule has 0 saturated carbocycles. The maximum Gasteiger partial charge on any atom is 0.257 e. The summed E-state index contributed by atoms with van der Waals surface area (Å²) in [4.78, 5) is 14.3. The van der Waals surface area contributed by atoms with Crippen LogP contribution in [0.2, 0.25) is 0 Å². The van der Waals surface area contributed by atoms with Gasteiger partial charge < -0.3 is 9.64 Å². The van der Waals surface area contributed by atoms with Gasteiger partial charge in [-0.1, -0.05) is 55.1 Å². The maximum absolute atomic E-state index is 12.7. The van der Waals surface area contributed by atoms with Gasteiger partial charge in [0.05, 0.1) is 18.3 Å². The third-order valence-corrected chi connectivity index (χ3v) is 4.13. The van der Waals surface area contributed by atoms with E-state index in [-0.39, 0.29) is 5.91 Å². The van der Waals surface area contributed by atoms with Crippen LogP contribution in [0.25, 0.3) is 0 Å². The molecule has 1 aromatic heterocycles. The van der Waals surface area contributed by atoms with Gasteiger partial charge in [-0.3, -0.25) is 9.48 Å². The Morgan fingerprint density at radius 3 is 2.59 bits per heavy atom. The Bertz CT molecular complexity index is 885. The summed E-state index contributed by atoms with van der Waals surface area (Å²) < 4.78 is 7.25. The summed E-state index contributed by atoms with van der Waals surface area (Å²) in [6.07, 6.45) is 5.12. The van der Waals surface area contributed by atoms with Crippen LogP contribution in [-0.4, -0.2) is 34.2 Å². The first kappa shape index (κ1) is 18.5. The molecule has 0 fully saturated rings. The van der Waals surface area contributed by atoms with Gasteiger partial charge in [-0.25, -0.2) is 0 Å². The number of nitrogens with zero attached hydrogens (tertiary/aromatic N) is 3. The van der Waals surface area contributed by atoms with Gasteiger partial charge in [0.25, 0.3) is 5.91 Å². The Hall–Kier alpha value is -3.34. The van der Waals surface area contributed by atoms with Gasteiger partial charge in [-0.05, 0) is 23.3 Å². The predicted molar refractivity (Wildman–Crippen MR) is 106 cm³/mol. The number of hydrogen-bond acceptors (Lipinski definition) is 3. The van der Waals surface area contributed by atoms with Crippen molar-refractivity contribution >= 4 is 5.91 Å². The summed E-state index contributed by atoms with van der Waals surface area (Å²) in [6.45, 7) is 5.27. The molecule has 5 nitrogen and oxygen atoms in total. The molecule has 0 aliphatic rings. The molecule has 0 unspecified atom stereocenters. The Morgan fingerprint density at radius 2 is 1.89 bits per heavy atom. The molecule has 2 aromatic carbocycles. The molecule has 0 bridgehead atoms. The topological polar surface area (TPSA) is 47.4 Å². The second-order valence-electron chi connectivity index (χ2n) is 6.32. The molecule has 0 radical (unpaired) electrons. The van der Waals surface area contributed by atoms with Crippen LogP contribution in [0.5, 0.6) is 5.75 Å². The quantitative estimate of drug-likeness (QED) is 0.574. The van der Waals surface area contributed by atoms with Crippen molar-refractivity contribution in [2.24, 2.45) is 0 Å². The molecule has 0 spiro atoms. The molecule has 1 heterocycles. The molecule has 138 valence electrons. The fourth-order valence-corrected chi connectivity index (χ4v) is 2.74. The predicted octanol–water partition coefficient (Wildman–Crippen LogP) is 3.77. The fraction of sp³-hybridized carbons (Fsp3) is 0.182. The van der Waals surface area contributed by atoms with E-state index < -0.39 is 0 Å². The normalized spacial score (nSPS) is 10.4. The van der Waals surface area contributed by atoms with Crippen LogP contribution in [0.1, 0.15) is 21.5 Å². The average Bonchev–Trinajstić information content (AvgIpc) is 3.16. The zero-order chi connectivity index (χ0) is 19.1.